The van der Waals surface area contributed by atoms with Gasteiger partial charge in [-0.15, -0.1) is 0 Å². The number of benzene rings is 2. The first kappa shape index (κ1) is 56.6. The Labute approximate surface area is 328 Å². The number of nitrogens with one attached hydrogen (secondary N) is 5. The maximum absolute atomic E-state index is 12.3. The number of carbonyl (C=O) groups is 7. The molecule has 0 aromatic heterocycles. The minimum absolute atomic E-state index is 0.0818. The van der Waals surface area contributed by atoms with Crippen molar-refractivity contribution in [3.05, 3.63) is 60.2 Å². The SMILES string of the molecule is CCC.CCCC(=O)NCC(=O)NCC(=O)NC(CC(C)C)C(=O)NCC(=O)NCC=O.CCCN.CCN.Cc1ccc(-c2ccccc2)cc1.O=CO. The smallest absolute Gasteiger partial charge is 0.290 e. The van der Waals surface area contributed by atoms with Crippen LogP contribution in [0, 0.1) is 12.8 Å². The third-order valence-electron chi connectivity index (χ3n) is 5.98. The highest BCUT2D eigenvalue weighted by Crippen LogP contribution is 2.18. The number of amides is 5. The molecule has 1 unspecified atom stereocenters. The van der Waals surface area contributed by atoms with E-state index in [-0.39, 0.29) is 44.5 Å². The molecule has 5 amide bonds. The van der Waals surface area contributed by atoms with Gasteiger partial charge in [-0.3, -0.25) is 28.8 Å². The molecule has 55 heavy (non-hydrogen) atoms. The van der Waals surface area contributed by atoms with Crippen LogP contribution in [-0.4, -0.2) is 92.7 Å². The fourth-order valence-corrected chi connectivity index (χ4v) is 3.57. The maximum Gasteiger partial charge on any atom is 0.290 e. The van der Waals surface area contributed by atoms with Crippen LogP contribution in [0.4, 0.5) is 0 Å². The zero-order chi connectivity index (χ0) is 42.9. The number of hydrogen-bond donors (Lipinski definition) is 8. The summed E-state index contributed by atoms with van der Waals surface area (Å²) in [5.74, 6) is -2.36. The molecule has 1 atom stereocenters. The van der Waals surface area contributed by atoms with Gasteiger partial charge in [-0.25, -0.2) is 0 Å². The number of carboxylic acid groups (broad SMARTS) is 1. The average molecular weight is 776 g/mol. The summed E-state index contributed by atoms with van der Waals surface area (Å²) in [5, 5.41) is 18.9. The van der Waals surface area contributed by atoms with E-state index in [4.69, 9.17) is 21.4 Å². The lowest BCUT2D eigenvalue weighted by Crippen LogP contribution is -2.52. The molecule has 0 spiro atoms. The summed E-state index contributed by atoms with van der Waals surface area (Å²) < 4.78 is 0. The van der Waals surface area contributed by atoms with Crippen molar-refractivity contribution >= 4 is 42.3 Å². The molecule has 312 valence electrons. The molecule has 0 saturated carbocycles. The number of rotatable bonds is 16. The topological polar surface area (TPSA) is 252 Å². The van der Waals surface area contributed by atoms with Gasteiger partial charge in [-0.05, 0) is 56.3 Å². The highest BCUT2D eigenvalue weighted by atomic mass is 16.3. The molecule has 15 heteroatoms. The minimum Gasteiger partial charge on any atom is -0.483 e. The zero-order valence-corrected chi connectivity index (χ0v) is 34.2. The molecule has 2 rings (SSSR count). The normalized spacial score (nSPS) is 9.65. The lowest BCUT2D eigenvalue weighted by atomic mass is 10.0. The van der Waals surface area contributed by atoms with E-state index in [9.17, 15) is 28.8 Å². The monoisotopic (exact) mass is 776 g/mol. The van der Waals surface area contributed by atoms with E-state index in [0.29, 0.717) is 25.5 Å². The second-order valence-corrected chi connectivity index (χ2v) is 12.0. The third kappa shape index (κ3) is 39.9. The minimum atomic E-state index is -0.887. The standard InChI is InChI=1S/C18H31N5O6.C13H12.C3H9N.C3H8.C2H7N.CH2O2/c1-4-5-14(25)20-9-16(27)21-11-17(28)23-13(8-12(2)3)18(29)22-10-15(26)19-6-7-24;1-11-7-9-13(10-8-11)12-5-3-2-4-6-12;1-2-3-4;1-3-2;1-2-3;2-1-3/h7,12-13H,4-6,8-11H2,1-3H3,(H,19,26)(H,20,25)(H,21,27)(H,22,29)(H,23,28);2-10H,1H3;2-4H2,1H3;3H2,1-2H3;2-3H2,1H3;1H,(H,2,3). The number of nitrogens with two attached hydrogens (primary N) is 2. The van der Waals surface area contributed by atoms with E-state index in [0.717, 1.165) is 19.5 Å². The predicted octanol–water partition coefficient (Wildman–Crippen LogP) is 3.08. The average Bonchev–Trinajstić information content (AvgIpc) is 3.16. The van der Waals surface area contributed by atoms with Gasteiger partial charge < -0.3 is 48.0 Å². The maximum atomic E-state index is 12.3. The first-order chi connectivity index (χ1) is 26.2. The van der Waals surface area contributed by atoms with Crippen LogP contribution in [-0.2, 0) is 33.6 Å². The van der Waals surface area contributed by atoms with Gasteiger partial charge >= 0.3 is 0 Å². The van der Waals surface area contributed by atoms with Crippen molar-refractivity contribution in [3.8, 4) is 11.1 Å². The van der Waals surface area contributed by atoms with Gasteiger partial charge in [0.25, 0.3) is 6.47 Å². The van der Waals surface area contributed by atoms with Gasteiger partial charge in [0.05, 0.1) is 26.2 Å². The molecule has 0 radical (unpaired) electrons. The molecule has 2 aromatic carbocycles. The van der Waals surface area contributed by atoms with Crippen LogP contribution in [0.1, 0.15) is 86.1 Å². The van der Waals surface area contributed by atoms with Crippen molar-refractivity contribution in [3.63, 3.8) is 0 Å². The number of hydrogen-bond acceptors (Lipinski definition) is 9. The molecule has 0 heterocycles. The Morgan fingerprint density at radius 2 is 1.13 bits per heavy atom. The van der Waals surface area contributed by atoms with E-state index in [1.54, 1.807) is 0 Å². The molecular formula is C40H69N7O8. The van der Waals surface area contributed by atoms with Crippen LogP contribution in [0.3, 0.4) is 0 Å². The fraction of sp³-hybridized carbons (Fsp3) is 0.525. The molecule has 0 aliphatic carbocycles. The van der Waals surface area contributed by atoms with E-state index < -0.39 is 29.7 Å². The molecule has 0 aliphatic heterocycles. The van der Waals surface area contributed by atoms with Crippen molar-refractivity contribution in [2.45, 2.75) is 93.5 Å². The molecule has 2 aromatic rings. The van der Waals surface area contributed by atoms with Gasteiger partial charge in [0.15, 0.2) is 0 Å². The summed E-state index contributed by atoms with van der Waals surface area (Å²) in [5.41, 5.74) is 13.7. The Balaban J connectivity index is -0.000000404. The first-order valence-corrected chi connectivity index (χ1v) is 18.6. The van der Waals surface area contributed by atoms with Crippen LogP contribution in [0.15, 0.2) is 54.6 Å². The van der Waals surface area contributed by atoms with Crippen LogP contribution >= 0.6 is 0 Å². The summed E-state index contributed by atoms with van der Waals surface area (Å²) in [7, 11) is 0. The van der Waals surface area contributed by atoms with Crippen LogP contribution in [0.5, 0.6) is 0 Å². The lowest BCUT2D eigenvalue weighted by molar-refractivity contribution is -0.131. The first-order valence-electron chi connectivity index (χ1n) is 18.6. The van der Waals surface area contributed by atoms with Gasteiger partial charge in [0.1, 0.15) is 12.3 Å². The zero-order valence-electron chi connectivity index (χ0n) is 34.2. The predicted molar refractivity (Wildman–Crippen MR) is 220 cm³/mol. The van der Waals surface area contributed by atoms with E-state index >= 15 is 0 Å². The summed E-state index contributed by atoms with van der Waals surface area (Å²) in [6.07, 6.45) is 4.17. The highest BCUT2D eigenvalue weighted by molar-refractivity contribution is 5.92. The molecule has 0 saturated heterocycles. The van der Waals surface area contributed by atoms with Gasteiger partial charge in [0, 0.05) is 6.42 Å². The quantitative estimate of drug-likeness (QED) is 0.116. The molecular weight excluding hydrogens is 706 g/mol. The molecule has 0 aliphatic rings. The summed E-state index contributed by atoms with van der Waals surface area (Å²) in [4.78, 5) is 77.3. The Hall–Kier alpha value is -5.15. The third-order valence-corrected chi connectivity index (χ3v) is 5.98. The Bertz CT molecular complexity index is 1270. The molecule has 0 fully saturated rings. The van der Waals surface area contributed by atoms with Crippen molar-refractivity contribution in [2.75, 3.05) is 39.3 Å². The van der Waals surface area contributed by atoms with Crippen molar-refractivity contribution in [1.29, 1.82) is 0 Å². The largest absolute Gasteiger partial charge is 0.483 e. The van der Waals surface area contributed by atoms with Gasteiger partial charge in [-0.2, -0.15) is 0 Å². The molecule has 0 bridgehead atoms. The lowest BCUT2D eigenvalue weighted by Gasteiger charge is -2.20. The van der Waals surface area contributed by atoms with Crippen LogP contribution < -0.4 is 38.1 Å². The van der Waals surface area contributed by atoms with E-state index in [1.807, 2.05) is 33.8 Å². The summed E-state index contributed by atoms with van der Waals surface area (Å²) >= 11 is 0. The second-order valence-electron chi connectivity index (χ2n) is 12.0. The molecule has 10 N–H and O–H groups in total. The number of aryl methyl sites for hydroxylation is 1. The second kappa shape index (κ2) is 41.6. The van der Waals surface area contributed by atoms with Crippen LogP contribution in [0.2, 0.25) is 0 Å². The van der Waals surface area contributed by atoms with Gasteiger partial charge in [0.2, 0.25) is 29.5 Å². The van der Waals surface area contributed by atoms with Crippen LogP contribution in [0.25, 0.3) is 11.1 Å². The number of aldehydes is 1. The Morgan fingerprint density at radius 1 is 0.691 bits per heavy atom. The van der Waals surface area contributed by atoms with Crippen molar-refractivity contribution < 1.29 is 38.7 Å². The van der Waals surface area contributed by atoms with E-state index in [2.05, 4.69) is 103 Å². The summed E-state index contributed by atoms with van der Waals surface area (Å²) in [6.45, 7) is 16.1. The highest BCUT2D eigenvalue weighted by Gasteiger charge is 2.22. The number of carbonyl (C=O) groups excluding carboxylic acids is 6. The van der Waals surface area contributed by atoms with Crippen molar-refractivity contribution in [1.82, 2.24) is 26.6 Å². The summed E-state index contributed by atoms with van der Waals surface area (Å²) in [6, 6.07) is 18.1. The Morgan fingerprint density at radius 3 is 1.58 bits per heavy atom. The van der Waals surface area contributed by atoms with Crippen molar-refractivity contribution in [2.24, 2.45) is 17.4 Å². The molecule has 15 nitrogen and oxygen atoms in total. The van der Waals surface area contributed by atoms with E-state index in [1.165, 1.54) is 23.1 Å². The van der Waals surface area contributed by atoms with Gasteiger partial charge in [-0.1, -0.05) is 115 Å². The fourth-order valence-electron chi connectivity index (χ4n) is 3.57. The Kier molecular flexibility index (Phi) is 42.8.